The average molecular weight is 420 g/mol. The van der Waals surface area contributed by atoms with Crippen LogP contribution in [0.15, 0.2) is 46.4 Å². The summed E-state index contributed by atoms with van der Waals surface area (Å²) in [4.78, 5) is 4.14. The van der Waals surface area contributed by atoms with Gasteiger partial charge in [0.15, 0.2) is 0 Å². The summed E-state index contributed by atoms with van der Waals surface area (Å²) in [6.45, 7) is 7.24. The van der Waals surface area contributed by atoms with Crippen molar-refractivity contribution in [1.29, 1.82) is 0 Å². The van der Waals surface area contributed by atoms with Gasteiger partial charge in [-0.05, 0) is 92.9 Å². The van der Waals surface area contributed by atoms with Crippen LogP contribution < -0.4 is 0 Å². The van der Waals surface area contributed by atoms with Gasteiger partial charge in [0.25, 0.3) is 0 Å². The molecular formula is C27H37N3O. The molecule has 0 radical (unpaired) electrons. The molecule has 3 fully saturated rings. The number of hydrogen-bond donors (Lipinski definition) is 1. The molecule has 1 aromatic rings. The van der Waals surface area contributed by atoms with Crippen LogP contribution in [0.2, 0.25) is 0 Å². The highest BCUT2D eigenvalue weighted by Gasteiger charge is 2.58. The Morgan fingerprint density at radius 3 is 2.84 bits per heavy atom. The predicted octanol–water partition coefficient (Wildman–Crippen LogP) is 5.82. The zero-order valence-corrected chi connectivity index (χ0v) is 19.3. The molecule has 5 rings (SSSR count). The maximum Gasteiger partial charge on any atom is 0.0583 e. The van der Waals surface area contributed by atoms with Crippen molar-refractivity contribution in [2.75, 3.05) is 0 Å². The Bertz CT molecular complexity index is 906. The molecule has 6 unspecified atom stereocenters. The lowest BCUT2D eigenvalue weighted by atomic mass is 9.47. The van der Waals surface area contributed by atoms with E-state index < -0.39 is 0 Å². The lowest BCUT2D eigenvalue weighted by Gasteiger charge is -2.58. The zero-order chi connectivity index (χ0) is 21.6. The van der Waals surface area contributed by atoms with E-state index in [0.29, 0.717) is 16.7 Å². The van der Waals surface area contributed by atoms with Crippen LogP contribution in [-0.4, -0.2) is 28.1 Å². The fraction of sp³-hybridized carbons (Fsp3) is 0.667. The minimum atomic E-state index is -0.119. The Hall–Kier alpha value is -1.81. The van der Waals surface area contributed by atoms with Crippen LogP contribution in [0, 0.1) is 34.5 Å². The number of aliphatic hydroxyl groups is 1. The number of fused-ring (bicyclic) bond motifs is 5. The second-order valence-electron chi connectivity index (χ2n) is 11.1. The second-order valence-corrected chi connectivity index (χ2v) is 11.1. The molecule has 0 saturated heterocycles. The first kappa shape index (κ1) is 21.1. The molecule has 0 aliphatic heterocycles. The quantitative estimate of drug-likeness (QED) is 0.381. The Balaban J connectivity index is 1.35. The first-order chi connectivity index (χ1) is 14.9. The van der Waals surface area contributed by atoms with E-state index in [4.69, 9.17) is 0 Å². The monoisotopic (exact) mass is 419 g/mol. The van der Waals surface area contributed by atoms with Crippen molar-refractivity contribution in [2.24, 2.45) is 44.7 Å². The molecular weight excluding hydrogens is 382 g/mol. The van der Waals surface area contributed by atoms with E-state index in [9.17, 15) is 5.11 Å². The van der Waals surface area contributed by atoms with Crippen LogP contribution in [0.4, 0.5) is 0 Å². The molecule has 0 bridgehead atoms. The molecule has 1 N–H and O–H groups in total. The molecule has 166 valence electrons. The Labute approximate surface area is 187 Å². The van der Waals surface area contributed by atoms with E-state index in [-0.39, 0.29) is 6.10 Å². The van der Waals surface area contributed by atoms with Crippen LogP contribution in [0.1, 0.15) is 77.7 Å². The van der Waals surface area contributed by atoms with Crippen LogP contribution in [0.3, 0.4) is 0 Å². The summed E-state index contributed by atoms with van der Waals surface area (Å²) in [6.07, 6.45) is 17.3. The molecule has 4 aliphatic carbocycles. The average Bonchev–Trinajstić information content (AvgIpc) is 3.12. The second kappa shape index (κ2) is 7.95. The highest BCUT2D eigenvalue weighted by Crippen LogP contribution is 2.66. The first-order valence-corrected chi connectivity index (χ1v) is 12.3. The summed E-state index contributed by atoms with van der Waals surface area (Å²) in [5.74, 6) is 2.90. The molecule has 0 amide bonds. The number of hydrogen-bond acceptors (Lipinski definition) is 4. The third-order valence-corrected chi connectivity index (χ3v) is 9.69. The Kier molecular flexibility index (Phi) is 5.40. The maximum atomic E-state index is 10.2. The maximum absolute atomic E-state index is 10.2. The van der Waals surface area contributed by atoms with Gasteiger partial charge in [0, 0.05) is 29.6 Å². The van der Waals surface area contributed by atoms with Gasteiger partial charge in [0.1, 0.15) is 0 Å². The smallest absolute Gasteiger partial charge is 0.0583 e. The van der Waals surface area contributed by atoms with Crippen molar-refractivity contribution in [3.63, 3.8) is 0 Å². The lowest BCUT2D eigenvalue weighted by Crippen LogP contribution is -2.50. The van der Waals surface area contributed by atoms with Gasteiger partial charge in [-0.15, -0.1) is 0 Å². The minimum Gasteiger partial charge on any atom is -0.393 e. The number of allylic oxidation sites excluding steroid dienone is 1. The SMILES string of the molecule is C/C(=N/N=C/c1cccnc1)C1CCC2C3CC=C4C[C@@H](O)CCC4(C)C3CCC12C. The summed E-state index contributed by atoms with van der Waals surface area (Å²) in [5, 5.41) is 19.3. The summed E-state index contributed by atoms with van der Waals surface area (Å²) >= 11 is 0. The van der Waals surface area contributed by atoms with Crippen LogP contribution >= 0.6 is 0 Å². The van der Waals surface area contributed by atoms with Crippen molar-refractivity contribution in [3.05, 3.63) is 41.7 Å². The van der Waals surface area contributed by atoms with Gasteiger partial charge in [-0.25, -0.2) is 0 Å². The van der Waals surface area contributed by atoms with E-state index >= 15 is 0 Å². The van der Waals surface area contributed by atoms with Gasteiger partial charge in [0.05, 0.1) is 12.3 Å². The molecule has 0 spiro atoms. The van der Waals surface area contributed by atoms with Gasteiger partial charge in [-0.1, -0.05) is 31.6 Å². The molecule has 4 nitrogen and oxygen atoms in total. The van der Waals surface area contributed by atoms with E-state index in [1.54, 1.807) is 11.8 Å². The van der Waals surface area contributed by atoms with Crippen molar-refractivity contribution in [1.82, 2.24) is 4.98 Å². The number of aliphatic hydroxyl groups excluding tert-OH is 1. The van der Waals surface area contributed by atoms with Gasteiger partial charge < -0.3 is 5.11 Å². The molecule has 1 aromatic heterocycles. The normalized spacial score (nSPS) is 42.6. The summed E-state index contributed by atoms with van der Waals surface area (Å²) in [6, 6.07) is 3.93. The predicted molar refractivity (Wildman–Crippen MR) is 126 cm³/mol. The van der Waals surface area contributed by atoms with Crippen LogP contribution in [-0.2, 0) is 0 Å². The van der Waals surface area contributed by atoms with E-state index in [0.717, 1.165) is 42.6 Å². The van der Waals surface area contributed by atoms with Gasteiger partial charge in [0.2, 0.25) is 0 Å². The number of aromatic nitrogens is 1. The Morgan fingerprint density at radius 1 is 1.16 bits per heavy atom. The highest BCUT2D eigenvalue weighted by molar-refractivity contribution is 5.86. The largest absolute Gasteiger partial charge is 0.393 e. The zero-order valence-electron chi connectivity index (χ0n) is 19.3. The third-order valence-electron chi connectivity index (χ3n) is 9.69. The molecule has 7 atom stereocenters. The Morgan fingerprint density at radius 2 is 2.03 bits per heavy atom. The molecule has 4 heteroatoms. The van der Waals surface area contributed by atoms with Crippen LogP contribution in [0.5, 0.6) is 0 Å². The molecule has 4 aliphatic rings. The van der Waals surface area contributed by atoms with Gasteiger partial charge in [-0.2, -0.15) is 10.2 Å². The van der Waals surface area contributed by atoms with E-state index in [1.807, 2.05) is 24.5 Å². The number of nitrogens with zero attached hydrogens (tertiary/aromatic N) is 3. The highest BCUT2D eigenvalue weighted by atomic mass is 16.3. The number of rotatable bonds is 3. The van der Waals surface area contributed by atoms with Crippen molar-refractivity contribution < 1.29 is 5.11 Å². The summed E-state index contributed by atoms with van der Waals surface area (Å²) < 4.78 is 0. The van der Waals surface area contributed by atoms with Gasteiger partial charge >= 0.3 is 0 Å². The standard InChI is InChI=1S/C27H37N3O/c1-18(30-29-17-19-5-4-14-28-16-19)23-8-9-24-22-7-6-20-15-21(31)10-12-26(20,2)25(22)11-13-27(23,24)3/h4-6,14,16-17,21-25,31H,7-13,15H2,1-3H3/b29-17+,30-18-/t21-,22?,23?,24?,25?,26?,27?/m0/s1. The topological polar surface area (TPSA) is 57.8 Å². The van der Waals surface area contributed by atoms with Crippen molar-refractivity contribution in [2.45, 2.75) is 78.2 Å². The molecule has 1 heterocycles. The van der Waals surface area contributed by atoms with Crippen molar-refractivity contribution >= 4 is 11.9 Å². The van der Waals surface area contributed by atoms with E-state index in [1.165, 1.54) is 37.8 Å². The van der Waals surface area contributed by atoms with E-state index in [2.05, 4.69) is 42.0 Å². The summed E-state index contributed by atoms with van der Waals surface area (Å²) in [7, 11) is 0. The first-order valence-electron chi connectivity index (χ1n) is 12.3. The van der Waals surface area contributed by atoms with Crippen LogP contribution in [0.25, 0.3) is 0 Å². The van der Waals surface area contributed by atoms with Crippen molar-refractivity contribution in [3.8, 4) is 0 Å². The summed E-state index contributed by atoms with van der Waals surface area (Å²) in [5.41, 5.74) is 4.41. The molecule has 3 saturated carbocycles. The fourth-order valence-electron chi connectivity index (χ4n) is 8.04. The fourth-order valence-corrected chi connectivity index (χ4v) is 8.04. The number of pyridine rings is 1. The van der Waals surface area contributed by atoms with Gasteiger partial charge in [-0.3, -0.25) is 4.98 Å². The molecule has 0 aromatic carbocycles. The lowest BCUT2D eigenvalue weighted by molar-refractivity contribution is -0.0423. The molecule has 31 heavy (non-hydrogen) atoms. The third kappa shape index (κ3) is 3.51. The minimum absolute atomic E-state index is 0.119.